The van der Waals surface area contributed by atoms with Crippen LogP contribution >= 0.6 is 11.6 Å². The molecule has 3 N–H and O–H groups in total. The van der Waals surface area contributed by atoms with E-state index in [9.17, 15) is 24.3 Å². The molecule has 10 nitrogen and oxygen atoms in total. The van der Waals surface area contributed by atoms with Crippen LogP contribution in [0.3, 0.4) is 0 Å². The van der Waals surface area contributed by atoms with Crippen LogP contribution in [0.2, 0.25) is 5.02 Å². The van der Waals surface area contributed by atoms with Crippen LogP contribution in [-0.2, 0) is 31.3 Å². The highest BCUT2D eigenvalue weighted by Gasteiger charge is 2.70. The van der Waals surface area contributed by atoms with Gasteiger partial charge in [-0.1, -0.05) is 17.7 Å². The van der Waals surface area contributed by atoms with Gasteiger partial charge in [0.05, 0.1) is 18.4 Å². The monoisotopic (exact) mass is 497 g/mol. The minimum Gasteiger partial charge on any atom is -0.481 e. The highest BCUT2D eigenvalue weighted by Crippen LogP contribution is 2.54. The smallest absolute Gasteiger partial charge is 0.303 e. The number of ether oxygens (including phenoxy) is 2. The van der Waals surface area contributed by atoms with Crippen molar-refractivity contribution in [2.45, 2.75) is 31.0 Å². The molecule has 4 atom stereocenters. The quantitative estimate of drug-likeness (QED) is 0.533. The number of carbonyl (C=O) groups is 4. The third-order valence-corrected chi connectivity index (χ3v) is 7.45. The van der Waals surface area contributed by atoms with E-state index in [0.717, 1.165) is 4.90 Å². The summed E-state index contributed by atoms with van der Waals surface area (Å²) in [6, 6.07) is 9.37. The Hall–Kier alpha value is -3.63. The minimum atomic E-state index is -1.52. The molecule has 2 saturated heterocycles. The van der Waals surface area contributed by atoms with Crippen LogP contribution in [0.15, 0.2) is 36.4 Å². The molecule has 0 aliphatic carbocycles. The summed E-state index contributed by atoms with van der Waals surface area (Å²) in [7, 11) is 0. The number of anilines is 1. The number of imide groups is 1. The second kappa shape index (κ2) is 7.69. The number of fused-ring (bicyclic) bond motifs is 5. The fraction of sp³-hybridized carbons (Fsp3) is 0.333. The van der Waals surface area contributed by atoms with Gasteiger partial charge in [0, 0.05) is 28.7 Å². The molecule has 1 spiro atoms. The lowest BCUT2D eigenvalue weighted by Gasteiger charge is -2.29. The van der Waals surface area contributed by atoms with Gasteiger partial charge in [-0.2, -0.15) is 0 Å². The summed E-state index contributed by atoms with van der Waals surface area (Å²) < 4.78 is 10.7. The van der Waals surface area contributed by atoms with Gasteiger partial charge in [-0.3, -0.25) is 29.4 Å². The lowest BCUT2D eigenvalue weighted by molar-refractivity contribution is -0.144. The number of amides is 3. The largest absolute Gasteiger partial charge is 0.481 e. The Morgan fingerprint density at radius 3 is 2.71 bits per heavy atom. The molecule has 4 aliphatic heterocycles. The lowest BCUT2D eigenvalue weighted by atomic mass is 9.76. The summed E-state index contributed by atoms with van der Waals surface area (Å²) in [5.41, 5.74) is 0.122. The van der Waals surface area contributed by atoms with Crippen molar-refractivity contribution in [3.05, 3.63) is 52.5 Å². The molecular weight excluding hydrogens is 478 g/mol. The van der Waals surface area contributed by atoms with E-state index in [1.807, 2.05) is 0 Å². The highest BCUT2D eigenvalue weighted by atomic mass is 35.5. The van der Waals surface area contributed by atoms with Crippen molar-refractivity contribution in [1.82, 2.24) is 10.2 Å². The van der Waals surface area contributed by atoms with E-state index in [1.165, 1.54) is 0 Å². The summed E-state index contributed by atoms with van der Waals surface area (Å²) in [6.07, 6.45) is -0.136. The molecule has 2 aromatic carbocycles. The first-order valence-electron chi connectivity index (χ1n) is 11.1. The third kappa shape index (κ3) is 3.13. The standard InChI is InChI=1S/C24H20ClN3O7/c25-12-2-3-14-13(8-12)24(23(33)26-14)20-19(15(27-24)4-6-18(29)30)21(31)28(22(20)32)9-11-1-5-16-17(7-11)35-10-34-16/h1-3,5,7-8,15,19-20,27H,4,6,9-10H2,(H,26,33)(H,29,30)/t15-,19+,20-,24+/m0/s1. The molecule has 0 aromatic heterocycles. The normalized spacial score (nSPS) is 28.0. The number of halogens is 1. The zero-order valence-corrected chi connectivity index (χ0v) is 19.0. The van der Waals surface area contributed by atoms with Crippen LogP contribution in [-0.4, -0.2) is 46.5 Å². The zero-order valence-electron chi connectivity index (χ0n) is 18.2. The number of likely N-dealkylation sites (tertiary alicyclic amines) is 1. The van der Waals surface area contributed by atoms with Gasteiger partial charge in [-0.05, 0) is 42.3 Å². The summed E-state index contributed by atoms with van der Waals surface area (Å²) in [6.45, 7) is 0.0914. The van der Waals surface area contributed by atoms with Crippen molar-refractivity contribution < 1.29 is 33.8 Å². The number of hydrogen-bond donors (Lipinski definition) is 3. The van der Waals surface area contributed by atoms with Crippen molar-refractivity contribution in [2.75, 3.05) is 12.1 Å². The SMILES string of the molecule is O=C(O)CC[C@@H]1N[C@@]2(C(=O)Nc3ccc(Cl)cc32)[C@@H]2C(=O)N(Cc3ccc4c(c3)OCO4)C(=O)[C@H]12. The third-order valence-electron chi connectivity index (χ3n) is 7.22. The Morgan fingerprint density at radius 2 is 1.91 bits per heavy atom. The molecule has 3 amide bonds. The molecule has 0 bridgehead atoms. The first-order chi connectivity index (χ1) is 16.8. The number of rotatable bonds is 5. The van der Waals surface area contributed by atoms with Gasteiger partial charge in [0.25, 0.3) is 0 Å². The van der Waals surface area contributed by atoms with Gasteiger partial charge in [0.2, 0.25) is 24.5 Å². The van der Waals surface area contributed by atoms with Crippen LogP contribution in [0.5, 0.6) is 11.5 Å². The molecule has 0 radical (unpaired) electrons. The molecule has 2 fully saturated rings. The molecule has 180 valence electrons. The van der Waals surface area contributed by atoms with Gasteiger partial charge in [0.1, 0.15) is 5.54 Å². The van der Waals surface area contributed by atoms with E-state index in [4.69, 9.17) is 21.1 Å². The molecule has 2 aromatic rings. The van der Waals surface area contributed by atoms with Gasteiger partial charge in [-0.25, -0.2) is 0 Å². The maximum atomic E-state index is 13.8. The predicted molar refractivity (Wildman–Crippen MR) is 121 cm³/mol. The van der Waals surface area contributed by atoms with E-state index in [0.29, 0.717) is 33.3 Å². The van der Waals surface area contributed by atoms with Gasteiger partial charge in [-0.15, -0.1) is 0 Å². The maximum absolute atomic E-state index is 13.8. The van der Waals surface area contributed by atoms with E-state index in [1.54, 1.807) is 36.4 Å². The summed E-state index contributed by atoms with van der Waals surface area (Å²) in [4.78, 5) is 53.3. The molecular formula is C24H20ClN3O7. The number of carbonyl (C=O) groups excluding carboxylic acids is 3. The van der Waals surface area contributed by atoms with Crippen molar-refractivity contribution in [2.24, 2.45) is 11.8 Å². The Bertz CT molecular complexity index is 1310. The fourth-order valence-electron chi connectivity index (χ4n) is 5.74. The Morgan fingerprint density at radius 1 is 1.11 bits per heavy atom. The topological polar surface area (TPSA) is 134 Å². The van der Waals surface area contributed by atoms with Crippen molar-refractivity contribution in [1.29, 1.82) is 0 Å². The predicted octanol–water partition coefficient (Wildman–Crippen LogP) is 1.85. The van der Waals surface area contributed by atoms with Gasteiger partial charge >= 0.3 is 5.97 Å². The number of carboxylic acids is 1. The van der Waals surface area contributed by atoms with E-state index >= 15 is 0 Å². The molecule has 4 heterocycles. The first kappa shape index (κ1) is 21.9. The molecule has 35 heavy (non-hydrogen) atoms. The number of nitrogens with zero attached hydrogens (tertiary/aromatic N) is 1. The highest BCUT2D eigenvalue weighted by molar-refractivity contribution is 6.31. The van der Waals surface area contributed by atoms with Crippen LogP contribution in [0, 0.1) is 11.8 Å². The van der Waals surface area contributed by atoms with E-state index in [-0.39, 0.29) is 26.2 Å². The summed E-state index contributed by atoms with van der Waals surface area (Å²) in [5, 5.41) is 15.6. The molecule has 0 unspecified atom stereocenters. The zero-order chi connectivity index (χ0) is 24.5. The van der Waals surface area contributed by atoms with Crippen LogP contribution in [0.4, 0.5) is 5.69 Å². The Kier molecular flexibility index (Phi) is 4.81. The second-order valence-corrected chi connectivity index (χ2v) is 9.53. The molecule has 4 aliphatic rings. The summed E-state index contributed by atoms with van der Waals surface area (Å²) >= 11 is 6.23. The average molecular weight is 498 g/mol. The number of carboxylic acid groups (broad SMARTS) is 1. The van der Waals surface area contributed by atoms with Gasteiger partial charge in [0.15, 0.2) is 11.5 Å². The molecule has 11 heteroatoms. The van der Waals surface area contributed by atoms with Crippen LogP contribution in [0.25, 0.3) is 0 Å². The van der Waals surface area contributed by atoms with Crippen molar-refractivity contribution >= 4 is 41.0 Å². The number of aliphatic carboxylic acids is 1. The van der Waals surface area contributed by atoms with Crippen LogP contribution < -0.4 is 20.1 Å². The van der Waals surface area contributed by atoms with E-state index in [2.05, 4.69) is 10.6 Å². The lowest BCUT2D eigenvalue weighted by Crippen LogP contribution is -2.53. The van der Waals surface area contributed by atoms with Crippen molar-refractivity contribution in [3.8, 4) is 11.5 Å². The van der Waals surface area contributed by atoms with Gasteiger partial charge < -0.3 is 19.9 Å². The summed E-state index contributed by atoms with van der Waals surface area (Å²) in [5.74, 6) is -3.26. The minimum absolute atomic E-state index is 0.00689. The van der Waals surface area contributed by atoms with Crippen LogP contribution in [0.1, 0.15) is 24.0 Å². The van der Waals surface area contributed by atoms with E-state index < -0.39 is 47.1 Å². The number of benzene rings is 2. The average Bonchev–Trinajstić information content (AvgIpc) is 3.55. The maximum Gasteiger partial charge on any atom is 0.303 e. The first-order valence-corrected chi connectivity index (χ1v) is 11.5. The number of nitrogens with one attached hydrogen (secondary N) is 2. The second-order valence-electron chi connectivity index (χ2n) is 9.09. The fourth-order valence-corrected chi connectivity index (χ4v) is 5.91. The molecule has 6 rings (SSSR count). The molecule has 0 saturated carbocycles. The van der Waals surface area contributed by atoms with Crippen molar-refractivity contribution in [3.63, 3.8) is 0 Å². The Labute approximate surface area is 204 Å². The number of hydrogen-bond acceptors (Lipinski definition) is 7. The Balaban J connectivity index is 1.40.